The van der Waals surface area contributed by atoms with Crippen LogP contribution >= 0.6 is 0 Å². The Morgan fingerprint density at radius 1 is 1.35 bits per heavy atom. The average Bonchev–Trinajstić information content (AvgIpc) is 3.37. The molecular formula is C23H22N4O4. The number of ether oxygens (including phenoxy) is 2. The monoisotopic (exact) mass is 418 g/mol. The summed E-state index contributed by atoms with van der Waals surface area (Å²) in [7, 11) is 3.24. The number of hydrogen-bond donors (Lipinski definition) is 0. The molecule has 1 amide bonds. The first kappa shape index (κ1) is 20.6. The second kappa shape index (κ2) is 8.20. The smallest absolute Gasteiger partial charge is 0.358 e. The summed E-state index contributed by atoms with van der Waals surface area (Å²) in [5.41, 5.74) is 1.66. The summed E-state index contributed by atoms with van der Waals surface area (Å²) in [6, 6.07) is 7.42. The summed E-state index contributed by atoms with van der Waals surface area (Å²) < 4.78 is 12.3. The highest BCUT2D eigenvalue weighted by molar-refractivity contribution is 5.91. The van der Waals surface area contributed by atoms with Gasteiger partial charge < -0.3 is 18.8 Å². The molecule has 1 atom stereocenters. The summed E-state index contributed by atoms with van der Waals surface area (Å²) in [5, 5.41) is 0. The van der Waals surface area contributed by atoms with Crippen molar-refractivity contribution in [3.63, 3.8) is 0 Å². The Kier molecular flexibility index (Phi) is 5.44. The standard InChI is InChI=1S/C23H22N4O4/c1-4-31-21(28)18-15-27-13-11-24-20(27)19(25-18)17-7-5-6-16(14-17)8-9-23(30-3)10-12-26(2)22(23)29/h5-7,11,13-15H,4,10,12H2,1-3H3/t23-/m0/s1. The van der Waals surface area contributed by atoms with Gasteiger partial charge in [-0.05, 0) is 19.1 Å². The Labute approximate surface area is 179 Å². The highest BCUT2D eigenvalue weighted by atomic mass is 16.5. The quantitative estimate of drug-likeness (QED) is 0.477. The van der Waals surface area contributed by atoms with Crippen LogP contribution in [0.4, 0.5) is 0 Å². The largest absolute Gasteiger partial charge is 0.461 e. The van der Waals surface area contributed by atoms with E-state index >= 15 is 0 Å². The van der Waals surface area contributed by atoms with Crippen molar-refractivity contribution >= 4 is 17.5 Å². The van der Waals surface area contributed by atoms with Gasteiger partial charge in [-0.2, -0.15) is 0 Å². The maximum Gasteiger partial charge on any atom is 0.358 e. The van der Waals surface area contributed by atoms with E-state index in [-0.39, 0.29) is 18.2 Å². The highest BCUT2D eigenvalue weighted by Crippen LogP contribution is 2.26. The van der Waals surface area contributed by atoms with Gasteiger partial charge >= 0.3 is 5.97 Å². The minimum atomic E-state index is -1.12. The van der Waals surface area contributed by atoms with Crippen molar-refractivity contribution in [3.05, 3.63) is 54.1 Å². The molecule has 0 unspecified atom stereocenters. The lowest BCUT2D eigenvalue weighted by atomic mass is 10.0. The van der Waals surface area contributed by atoms with E-state index in [9.17, 15) is 9.59 Å². The molecular weight excluding hydrogens is 396 g/mol. The predicted molar refractivity (Wildman–Crippen MR) is 113 cm³/mol. The van der Waals surface area contributed by atoms with Gasteiger partial charge in [0.1, 0.15) is 5.69 Å². The number of rotatable bonds is 4. The minimum absolute atomic E-state index is 0.137. The fraction of sp³-hybridized carbons (Fsp3) is 0.304. The molecule has 4 rings (SSSR count). The van der Waals surface area contributed by atoms with Crippen molar-refractivity contribution in [2.75, 3.05) is 27.3 Å². The number of nitrogens with zero attached hydrogens (tertiary/aromatic N) is 4. The molecule has 0 saturated carbocycles. The van der Waals surface area contributed by atoms with Crippen LogP contribution in [0.15, 0.2) is 42.9 Å². The van der Waals surface area contributed by atoms with Gasteiger partial charge in [-0.15, -0.1) is 0 Å². The molecule has 3 heterocycles. The van der Waals surface area contributed by atoms with Gasteiger partial charge in [-0.1, -0.05) is 24.0 Å². The summed E-state index contributed by atoms with van der Waals surface area (Å²) in [6.45, 7) is 2.61. The van der Waals surface area contributed by atoms with Crippen molar-refractivity contribution in [2.24, 2.45) is 0 Å². The van der Waals surface area contributed by atoms with Crippen LogP contribution in [0.25, 0.3) is 16.9 Å². The first-order valence-corrected chi connectivity index (χ1v) is 9.92. The lowest BCUT2D eigenvalue weighted by Crippen LogP contribution is -2.39. The number of amides is 1. The number of aromatic nitrogens is 3. The van der Waals surface area contributed by atoms with Crippen LogP contribution in [-0.2, 0) is 14.3 Å². The molecule has 158 valence electrons. The zero-order valence-electron chi connectivity index (χ0n) is 17.6. The van der Waals surface area contributed by atoms with Gasteiger partial charge in [0, 0.05) is 56.8 Å². The molecule has 0 aliphatic carbocycles. The number of carbonyl (C=O) groups is 2. The summed E-state index contributed by atoms with van der Waals surface area (Å²) >= 11 is 0. The van der Waals surface area contributed by atoms with E-state index in [2.05, 4.69) is 21.8 Å². The van der Waals surface area contributed by atoms with Crippen LogP contribution in [0.2, 0.25) is 0 Å². The Bertz CT molecular complexity index is 1220. The number of hydrogen-bond acceptors (Lipinski definition) is 6. The Balaban J connectivity index is 1.75. The van der Waals surface area contributed by atoms with Crippen molar-refractivity contribution < 1.29 is 19.1 Å². The maximum absolute atomic E-state index is 12.5. The van der Waals surface area contributed by atoms with E-state index in [0.29, 0.717) is 29.9 Å². The van der Waals surface area contributed by atoms with Gasteiger partial charge in [-0.3, -0.25) is 4.79 Å². The molecule has 0 N–H and O–H groups in total. The summed E-state index contributed by atoms with van der Waals surface area (Å²) in [4.78, 5) is 35.2. The molecule has 0 spiro atoms. The Morgan fingerprint density at radius 2 is 2.19 bits per heavy atom. The molecule has 1 aliphatic rings. The molecule has 1 saturated heterocycles. The number of fused-ring (bicyclic) bond motifs is 1. The van der Waals surface area contributed by atoms with Crippen molar-refractivity contribution in [3.8, 4) is 23.1 Å². The first-order chi connectivity index (χ1) is 15.0. The third kappa shape index (κ3) is 3.76. The van der Waals surface area contributed by atoms with E-state index < -0.39 is 11.6 Å². The third-order valence-electron chi connectivity index (χ3n) is 5.24. The van der Waals surface area contributed by atoms with Crippen LogP contribution in [0.1, 0.15) is 29.4 Å². The number of likely N-dealkylation sites (N-methyl/N-ethyl adjacent to an activating group) is 1. The van der Waals surface area contributed by atoms with E-state index in [1.807, 2.05) is 24.3 Å². The number of methoxy groups -OCH3 is 1. The molecule has 8 nitrogen and oxygen atoms in total. The topological polar surface area (TPSA) is 86.0 Å². The second-order valence-electron chi connectivity index (χ2n) is 7.19. The molecule has 0 bridgehead atoms. The lowest BCUT2D eigenvalue weighted by Gasteiger charge is -2.18. The maximum atomic E-state index is 12.5. The van der Waals surface area contributed by atoms with E-state index in [1.165, 1.54) is 7.11 Å². The average molecular weight is 418 g/mol. The number of carbonyl (C=O) groups excluding carboxylic acids is 2. The van der Waals surface area contributed by atoms with Gasteiger partial charge in [0.25, 0.3) is 5.91 Å². The third-order valence-corrected chi connectivity index (χ3v) is 5.24. The van der Waals surface area contributed by atoms with Crippen molar-refractivity contribution in [1.82, 2.24) is 19.3 Å². The first-order valence-electron chi connectivity index (χ1n) is 9.92. The highest BCUT2D eigenvalue weighted by Gasteiger charge is 2.44. The molecule has 31 heavy (non-hydrogen) atoms. The Morgan fingerprint density at radius 3 is 2.90 bits per heavy atom. The summed E-state index contributed by atoms with van der Waals surface area (Å²) in [5.74, 6) is 5.45. The molecule has 8 heteroatoms. The number of benzene rings is 1. The lowest BCUT2D eigenvalue weighted by molar-refractivity contribution is -0.139. The van der Waals surface area contributed by atoms with Gasteiger partial charge in [-0.25, -0.2) is 14.8 Å². The number of likely N-dealkylation sites (tertiary alicyclic amines) is 1. The van der Waals surface area contributed by atoms with E-state index in [0.717, 1.165) is 5.56 Å². The van der Waals surface area contributed by atoms with Crippen molar-refractivity contribution in [2.45, 2.75) is 18.9 Å². The van der Waals surface area contributed by atoms with E-state index in [4.69, 9.17) is 9.47 Å². The van der Waals surface area contributed by atoms with Crippen LogP contribution in [-0.4, -0.2) is 64.1 Å². The summed E-state index contributed by atoms with van der Waals surface area (Å²) in [6.07, 6.45) is 5.50. The van der Waals surface area contributed by atoms with Gasteiger partial charge in [0.15, 0.2) is 11.3 Å². The van der Waals surface area contributed by atoms with Gasteiger partial charge in [0.05, 0.1) is 6.61 Å². The fourth-order valence-electron chi connectivity index (χ4n) is 3.54. The molecule has 1 fully saturated rings. The molecule has 0 radical (unpaired) electrons. The predicted octanol–water partition coefficient (Wildman–Crippen LogP) is 2.17. The van der Waals surface area contributed by atoms with Crippen LogP contribution in [0.5, 0.6) is 0 Å². The normalized spacial score (nSPS) is 18.2. The molecule has 1 aliphatic heterocycles. The number of esters is 1. The number of imidazole rings is 1. The van der Waals surface area contributed by atoms with Crippen LogP contribution < -0.4 is 0 Å². The zero-order chi connectivity index (χ0) is 22.0. The second-order valence-corrected chi connectivity index (χ2v) is 7.19. The van der Waals surface area contributed by atoms with Gasteiger partial charge in [0.2, 0.25) is 5.60 Å². The Hall–Kier alpha value is -3.70. The van der Waals surface area contributed by atoms with Crippen LogP contribution in [0.3, 0.4) is 0 Å². The zero-order valence-corrected chi connectivity index (χ0v) is 17.6. The van der Waals surface area contributed by atoms with Crippen LogP contribution in [0, 0.1) is 11.8 Å². The SMILES string of the molecule is CCOC(=O)c1cn2ccnc2c(-c2cccc(C#C[C@]3(OC)CCN(C)C3=O)c2)n1. The molecule has 3 aromatic rings. The molecule has 2 aromatic heterocycles. The van der Waals surface area contributed by atoms with Crippen molar-refractivity contribution in [1.29, 1.82) is 0 Å². The fourth-order valence-corrected chi connectivity index (χ4v) is 3.54. The minimum Gasteiger partial charge on any atom is -0.461 e. The van der Waals surface area contributed by atoms with E-state index in [1.54, 1.807) is 41.9 Å². The molecule has 1 aromatic carbocycles.